The van der Waals surface area contributed by atoms with Crippen LogP contribution in [0, 0.1) is 0 Å². The third-order valence-electron chi connectivity index (χ3n) is 3.75. The lowest BCUT2D eigenvalue weighted by molar-refractivity contribution is -0.267. The molecule has 0 unspecified atom stereocenters. The Hall–Kier alpha value is -0.830. The quantitative estimate of drug-likeness (QED) is 0.625. The van der Waals surface area contributed by atoms with Gasteiger partial charge in [-0.2, -0.15) is 0 Å². The third kappa shape index (κ3) is 2.62. The standard InChI is InChI=1S/C14H15BrClNO5/c1-5-11(18)12(19)13(20)14(21-5)22-8-4-17-7-3-2-6(15)10(16)9(7)8/h2-5,11-14,17-20H,1H3/t5-,11+,12+,13+,14+/m1/s1. The van der Waals surface area contributed by atoms with Gasteiger partial charge in [0.05, 0.1) is 22.0 Å². The van der Waals surface area contributed by atoms with Crippen molar-refractivity contribution in [2.75, 3.05) is 0 Å². The van der Waals surface area contributed by atoms with Crippen LogP contribution in [0.15, 0.2) is 22.8 Å². The smallest absolute Gasteiger partial charge is 0.229 e. The number of aliphatic hydroxyl groups excluding tert-OH is 3. The van der Waals surface area contributed by atoms with Crippen LogP contribution in [0.3, 0.4) is 0 Å². The lowest BCUT2D eigenvalue weighted by Crippen LogP contribution is -2.58. The molecule has 2 heterocycles. The number of nitrogens with one attached hydrogen (secondary N) is 1. The Balaban J connectivity index is 1.92. The first kappa shape index (κ1) is 16.0. The van der Waals surface area contributed by atoms with Crippen LogP contribution in [0.1, 0.15) is 6.92 Å². The third-order valence-corrected chi connectivity index (χ3v) is 5.03. The molecule has 8 heteroatoms. The summed E-state index contributed by atoms with van der Waals surface area (Å²) >= 11 is 9.61. The normalized spacial score (nSPS) is 32.4. The summed E-state index contributed by atoms with van der Waals surface area (Å²) in [5, 5.41) is 30.6. The molecule has 5 atom stereocenters. The van der Waals surface area contributed by atoms with Crippen molar-refractivity contribution < 1.29 is 24.8 Å². The van der Waals surface area contributed by atoms with E-state index in [2.05, 4.69) is 20.9 Å². The maximum Gasteiger partial charge on any atom is 0.229 e. The number of rotatable bonds is 2. The number of hydrogen-bond donors (Lipinski definition) is 4. The Bertz CT molecular complexity index is 693. The van der Waals surface area contributed by atoms with Gasteiger partial charge in [-0.15, -0.1) is 0 Å². The monoisotopic (exact) mass is 391 g/mol. The van der Waals surface area contributed by atoms with Crippen molar-refractivity contribution in [1.82, 2.24) is 4.98 Å². The van der Waals surface area contributed by atoms with Gasteiger partial charge < -0.3 is 29.8 Å². The highest BCUT2D eigenvalue weighted by atomic mass is 79.9. The number of aromatic nitrogens is 1. The molecule has 1 aromatic heterocycles. The molecule has 0 bridgehead atoms. The van der Waals surface area contributed by atoms with Crippen LogP contribution in [0.25, 0.3) is 10.9 Å². The van der Waals surface area contributed by atoms with Crippen LogP contribution in [0.5, 0.6) is 5.75 Å². The van der Waals surface area contributed by atoms with E-state index in [0.717, 1.165) is 5.52 Å². The van der Waals surface area contributed by atoms with Gasteiger partial charge >= 0.3 is 0 Å². The number of aliphatic hydroxyl groups is 3. The van der Waals surface area contributed by atoms with Crippen molar-refractivity contribution in [2.24, 2.45) is 0 Å². The van der Waals surface area contributed by atoms with Crippen molar-refractivity contribution in [2.45, 2.75) is 37.6 Å². The van der Waals surface area contributed by atoms with Gasteiger partial charge in [0.25, 0.3) is 0 Å². The SMILES string of the molecule is C[C@H]1O[C@@H](Oc2c[nH]c3ccc(Br)c(Cl)c23)[C@@H](O)[C@@H](O)[C@H]1O. The molecule has 1 aliphatic heterocycles. The first-order chi connectivity index (χ1) is 10.4. The second kappa shape index (κ2) is 5.99. The van der Waals surface area contributed by atoms with E-state index in [-0.39, 0.29) is 0 Å². The summed E-state index contributed by atoms with van der Waals surface area (Å²) in [6.45, 7) is 1.59. The van der Waals surface area contributed by atoms with Gasteiger partial charge in [-0.3, -0.25) is 0 Å². The zero-order chi connectivity index (χ0) is 16.0. The maximum absolute atomic E-state index is 10.0. The topological polar surface area (TPSA) is 94.9 Å². The molecule has 6 nitrogen and oxygen atoms in total. The number of halogens is 2. The molecule has 1 aromatic carbocycles. The fourth-order valence-electron chi connectivity index (χ4n) is 2.46. The lowest BCUT2D eigenvalue weighted by atomic mass is 10.00. The van der Waals surface area contributed by atoms with Crippen molar-refractivity contribution in [1.29, 1.82) is 0 Å². The molecular weight excluding hydrogens is 378 g/mol. The van der Waals surface area contributed by atoms with Gasteiger partial charge in [-0.25, -0.2) is 0 Å². The molecule has 0 aliphatic carbocycles. The number of benzene rings is 1. The van der Waals surface area contributed by atoms with Gasteiger partial charge in [0.15, 0.2) is 0 Å². The summed E-state index contributed by atoms with van der Waals surface area (Å²) < 4.78 is 11.8. The lowest BCUT2D eigenvalue weighted by Gasteiger charge is -2.38. The summed E-state index contributed by atoms with van der Waals surface area (Å²) in [7, 11) is 0. The van der Waals surface area contributed by atoms with Crippen LogP contribution in [-0.2, 0) is 4.74 Å². The summed E-state index contributed by atoms with van der Waals surface area (Å²) in [4.78, 5) is 3.01. The minimum atomic E-state index is -1.37. The van der Waals surface area contributed by atoms with Crippen LogP contribution < -0.4 is 4.74 Å². The van der Waals surface area contributed by atoms with Crippen LogP contribution in [0.4, 0.5) is 0 Å². The van der Waals surface area contributed by atoms with E-state index in [0.29, 0.717) is 20.6 Å². The molecule has 0 saturated carbocycles. The van der Waals surface area contributed by atoms with Gasteiger partial charge in [0.2, 0.25) is 6.29 Å². The predicted octanol–water partition coefficient (Wildman–Crippen LogP) is 1.79. The summed E-state index contributed by atoms with van der Waals surface area (Å²) in [6, 6.07) is 3.64. The van der Waals surface area contributed by atoms with E-state index in [1.807, 2.05) is 6.07 Å². The van der Waals surface area contributed by atoms with Crippen LogP contribution >= 0.6 is 27.5 Å². The molecule has 0 radical (unpaired) electrons. The number of fused-ring (bicyclic) bond motifs is 1. The minimum Gasteiger partial charge on any atom is -0.460 e. The summed E-state index contributed by atoms with van der Waals surface area (Å²) in [5.41, 5.74) is 0.766. The molecule has 1 saturated heterocycles. The number of hydrogen-bond acceptors (Lipinski definition) is 5. The molecule has 0 spiro atoms. The molecule has 22 heavy (non-hydrogen) atoms. The van der Waals surface area contributed by atoms with Gasteiger partial charge in [0, 0.05) is 10.7 Å². The second-order valence-electron chi connectivity index (χ2n) is 5.24. The van der Waals surface area contributed by atoms with Gasteiger partial charge in [0.1, 0.15) is 24.1 Å². The van der Waals surface area contributed by atoms with E-state index >= 15 is 0 Å². The Morgan fingerprint density at radius 1 is 1.23 bits per heavy atom. The fourth-order valence-corrected chi connectivity index (χ4v) is 3.04. The Morgan fingerprint density at radius 3 is 2.68 bits per heavy atom. The van der Waals surface area contributed by atoms with E-state index in [1.54, 1.807) is 19.2 Å². The predicted molar refractivity (Wildman–Crippen MR) is 84.0 cm³/mol. The van der Waals surface area contributed by atoms with Crippen molar-refractivity contribution in [3.8, 4) is 5.75 Å². The zero-order valence-corrected chi connectivity index (χ0v) is 13.9. The number of ether oxygens (including phenoxy) is 2. The highest BCUT2D eigenvalue weighted by molar-refractivity contribution is 9.10. The van der Waals surface area contributed by atoms with Gasteiger partial charge in [-0.1, -0.05) is 11.6 Å². The highest BCUT2D eigenvalue weighted by Gasteiger charge is 2.43. The molecule has 2 aromatic rings. The molecule has 4 N–H and O–H groups in total. The average molecular weight is 393 g/mol. The van der Waals surface area contributed by atoms with E-state index in [4.69, 9.17) is 21.1 Å². The van der Waals surface area contributed by atoms with Crippen LogP contribution in [0.2, 0.25) is 5.02 Å². The fraction of sp³-hybridized carbons (Fsp3) is 0.429. The summed E-state index contributed by atoms with van der Waals surface area (Å²) in [6.07, 6.45) is -4.07. The van der Waals surface area contributed by atoms with E-state index in [9.17, 15) is 15.3 Å². The Morgan fingerprint density at radius 2 is 1.95 bits per heavy atom. The molecule has 1 aliphatic rings. The first-order valence-corrected chi connectivity index (χ1v) is 7.88. The Kier molecular flexibility index (Phi) is 4.37. The van der Waals surface area contributed by atoms with E-state index in [1.165, 1.54) is 0 Å². The average Bonchev–Trinajstić information content (AvgIpc) is 2.90. The zero-order valence-electron chi connectivity index (χ0n) is 11.5. The number of H-pyrrole nitrogens is 1. The first-order valence-electron chi connectivity index (χ1n) is 6.71. The molecule has 3 rings (SSSR count). The molecule has 0 amide bonds. The largest absolute Gasteiger partial charge is 0.460 e. The van der Waals surface area contributed by atoms with Crippen molar-refractivity contribution in [3.05, 3.63) is 27.8 Å². The Labute approximate surface area is 139 Å². The molecule has 1 fully saturated rings. The van der Waals surface area contributed by atoms with Crippen molar-refractivity contribution >= 4 is 38.4 Å². The van der Waals surface area contributed by atoms with Crippen LogP contribution in [-0.4, -0.2) is 51.0 Å². The molecule has 120 valence electrons. The maximum atomic E-state index is 10.0. The van der Waals surface area contributed by atoms with E-state index < -0.39 is 30.7 Å². The number of aromatic amines is 1. The molecular formula is C14H15BrClNO5. The second-order valence-corrected chi connectivity index (χ2v) is 6.47. The highest BCUT2D eigenvalue weighted by Crippen LogP contribution is 2.38. The van der Waals surface area contributed by atoms with Crippen molar-refractivity contribution in [3.63, 3.8) is 0 Å². The van der Waals surface area contributed by atoms with Gasteiger partial charge in [-0.05, 0) is 35.0 Å². The minimum absolute atomic E-state index is 0.390. The summed E-state index contributed by atoms with van der Waals surface area (Å²) in [5.74, 6) is 0.390.